The van der Waals surface area contributed by atoms with E-state index in [0.29, 0.717) is 12.4 Å². The lowest BCUT2D eigenvalue weighted by molar-refractivity contribution is -0.692. The number of ether oxygens (including phenoxy) is 1. The van der Waals surface area contributed by atoms with Crippen LogP contribution in [0.3, 0.4) is 0 Å². The van der Waals surface area contributed by atoms with Crippen LogP contribution in [-0.4, -0.2) is 18.0 Å². The van der Waals surface area contributed by atoms with Crippen LogP contribution in [-0.2, 0) is 56.0 Å². The minimum absolute atomic E-state index is 0.331. The predicted octanol–water partition coefficient (Wildman–Crippen LogP) is 13.7. The summed E-state index contributed by atoms with van der Waals surface area (Å²) in [5.41, 5.74) is -29.0. The second-order valence-electron chi connectivity index (χ2n) is 16.8. The highest BCUT2D eigenvalue weighted by molar-refractivity contribution is 7.20. The summed E-state index contributed by atoms with van der Waals surface area (Å²) < 4.78 is 348. The van der Waals surface area contributed by atoms with E-state index in [-0.39, 0.29) is 6.79 Å². The van der Waals surface area contributed by atoms with Gasteiger partial charge in [-0.05, 0) is 35.7 Å². The van der Waals surface area contributed by atoms with Gasteiger partial charge in [-0.25, -0.2) is 0 Å². The molecule has 0 amide bonds. The number of aliphatic hydroxyl groups is 1. The molecule has 0 aliphatic heterocycles. The molecule has 0 atom stereocenters. The van der Waals surface area contributed by atoms with Gasteiger partial charge in [-0.3, -0.25) is 0 Å². The van der Waals surface area contributed by atoms with E-state index in [0.717, 1.165) is 10.8 Å². The first-order valence-electron chi connectivity index (χ1n) is 21.2. The smallest absolute Gasteiger partial charge is 0.416 e. The normalized spacial score (nSPS) is 13.4. The third-order valence-corrected chi connectivity index (χ3v) is 11.7. The summed E-state index contributed by atoms with van der Waals surface area (Å²) in [4.78, 5) is 0. The molecule has 0 aliphatic rings. The molecule has 0 spiro atoms. The highest BCUT2D eigenvalue weighted by atomic mass is 19.4. The number of aromatic nitrogens is 1. The van der Waals surface area contributed by atoms with Gasteiger partial charge in [0.05, 0.1) is 49.9 Å². The van der Waals surface area contributed by atoms with E-state index in [1.807, 2.05) is 53.2 Å². The SMILES string of the molecule is FC(F)(F)c1cc([B-](c2cc(C(F)(F)F)cc(C(F)(F)F)c2)(c2cc(C(F)(F)F)cc(C(F)(F)F)c2)c2cc(C(F)(F)F)cc(C(F)(F)F)c2)cc(C(F)(F)F)c1.OCOc1c2ccccc2cc[n+]1Cc1ccccc1. The summed E-state index contributed by atoms with van der Waals surface area (Å²) in [6.45, 7) is 0.379. The maximum Gasteiger partial charge on any atom is 0.416 e. The monoisotopic (exact) mass is 1130 g/mol. The molecule has 0 saturated heterocycles. The molecular weight excluding hydrogens is 1100 g/mol. The second-order valence-corrected chi connectivity index (χ2v) is 16.8. The van der Waals surface area contributed by atoms with Crippen LogP contribution < -0.4 is 31.2 Å². The van der Waals surface area contributed by atoms with Crippen LogP contribution in [0.25, 0.3) is 10.8 Å². The Hall–Kier alpha value is -7.13. The van der Waals surface area contributed by atoms with Crippen molar-refractivity contribution in [3.05, 3.63) is 190 Å². The van der Waals surface area contributed by atoms with Gasteiger partial charge < -0.3 is 9.84 Å². The minimum Gasteiger partial charge on any atom is -0.417 e. The second kappa shape index (κ2) is 20.7. The first-order valence-corrected chi connectivity index (χ1v) is 21.2. The van der Waals surface area contributed by atoms with Crippen molar-refractivity contribution in [2.45, 2.75) is 56.0 Å². The van der Waals surface area contributed by atoms with E-state index in [1.54, 1.807) is 0 Å². The number of aliphatic hydroxyl groups excluding tert-OH is 1. The van der Waals surface area contributed by atoms with E-state index < -0.39 is 195 Å². The Balaban J connectivity index is 0.000000397. The highest BCUT2D eigenvalue weighted by Gasteiger charge is 2.47. The van der Waals surface area contributed by atoms with Crippen molar-refractivity contribution < 1.29 is 120 Å². The minimum atomic E-state index is -6.13. The molecule has 1 heterocycles. The van der Waals surface area contributed by atoms with Crippen LogP contribution >= 0.6 is 0 Å². The topological polar surface area (TPSA) is 33.3 Å². The summed E-state index contributed by atoms with van der Waals surface area (Å²) in [5.74, 6) is 0.689. The number of alkyl halides is 24. The first kappa shape index (κ1) is 59.1. The van der Waals surface area contributed by atoms with Gasteiger partial charge in [0.1, 0.15) is 6.15 Å². The third-order valence-electron chi connectivity index (χ3n) is 11.7. The zero-order valence-corrected chi connectivity index (χ0v) is 37.6. The van der Waals surface area contributed by atoms with Gasteiger partial charge in [0.2, 0.25) is 0 Å². The maximum absolute atomic E-state index is 14.2. The molecule has 0 unspecified atom stereocenters. The molecule has 6 aromatic carbocycles. The Morgan fingerprint density at radius 1 is 0.351 bits per heavy atom. The fourth-order valence-electron chi connectivity index (χ4n) is 8.43. The van der Waals surface area contributed by atoms with Gasteiger partial charge in [0.25, 0.3) is 0 Å². The van der Waals surface area contributed by atoms with Gasteiger partial charge in [-0.1, -0.05) is 97.1 Å². The zero-order valence-electron chi connectivity index (χ0n) is 37.6. The fourth-order valence-corrected chi connectivity index (χ4v) is 8.43. The average Bonchev–Trinajstić information content (AvgIpc) is 3.30. The number of pyridine rings is 1. The molecule has 3 nitrogen and oxygen atoms in total. The molecule has 77 heavy (non-hydrogen) atoms. The van der Waals surface area contributed by atoms with Gasteiger partial charge in [0, 0.05) is 11.6 Å². The quantitative estimate of drug-likeness (QED) is 0.0712. The van der Waals surface area contributed by atoms with Gasteiger partial charge in [-0.2, -0.15) is 132 Å². The molecular formula is C49H28BF24NO2. The van der Waals surface area contributed by atoms with Crippen LogP contribution in [0, 0.1) is 0 Å². The molecule has 412 valence electrons. The van der Waals surface area contributed by atoms with Crippen molar-refractivity contribution in [1.82, 2.24) is 0 Å². The van der Waals surface area contributed by atoms with Crippen molar-refractivity contribution in [2.24, 2.45) is 0 Å². The van der Waals surface area contributed by atoms with Gasteiger partial charge in [0.15, 0.2) is 19.5 Å². The van der Waals surface area contributed by atoms with Crippen molar-refractivity contribution in [3.8, 4) is 5.88 Å². The molecule has 7 rings (SSSR count). The van der Waals surface area contributed by atoms with Crippen LogP contribution in [0.2, 0.25) is 0 Å². The Labute approximate surface area is 416 Å². The summed E-state index contributed by atoms with van der Waals surface area (Å²) in [7, 11) is 0. The van der Waals surface area contributed by atoms with E-state index in [1.165, 1.54) is 5.56 Å². The van der Waals surface area contributed by atoms with E-state index in [4.69, 9.17) is 9.84 Å². The number of hydrogen-bond acceptors (Lipinski definition) is 2. The standard InChI is InChI=1S/C32H12BF24.C17H16NO2/c34-25(35,36)13-1-14(26(37,38)39)6-21(5-13)33(22-7-15(27(40,41)42)2-16(8-22)28(43,44)45,23-9-17(29(46,47)48)3-18(10-23)30(49,50)51)24-11-19(31(52,53)54)4-20(12-24)32(55,56)57;19-13-20-17-16-9-5-4-8-15(16)10-11-18(17)12-14-6-2-1-3-7-14/h1-12H;1-11,19H,12-13H2/q-1;+1. The lowest BCUT2D eigenvalue weighted by Gasteiger charge is -2.46. The van der Waals surface area contributed by atoms with Gasteiger partial charge >= 0.3 is 55.3 Å². The number of hydrogen-bond donors (Lipinski definition) is 1. The van der Waals surface area contributed by atoms with Crippen molar-refractivity contribution in [2.75, 3.05) is 6.79 Å². The molecule has 0 bridgehead atoms. The van der Waals surface area contributed by atoms with E-state index in [2.05, 4.69) is 18.2 Å². The predicted molar refractivity (Wildman–Crippen MR) is 227 cm³/mol. The van der Waals surface area contributed by atoms with Crippen LogP contribution in [0.15, 0.2) is 140 Å². The molecule has 28 heteroatoms. The largest absolute Gasteiger partial charge is 0.417 e. The zero-order chi connectivity index (χ0) is 57.7. The van der Waals surface area contributed by atoms with Crippen molar-refractivity contribution in [3.63, 3.8) is 0 Å². The number of halogens is 24. The van der Waals surface area contributed by atoms with E-state index in [9.17, 15) is 105 Å². The fraction of sp³-hybridized carbons (Fsp3) is 0.204. The van der Waals surface area contributed by atoms with Crippen molar-refractivity contribution >= 4 is 38.8 Å². The Morgan fingerprint density at radius 3 is 0.896 bits per heavy atom. The molecule has 0 fully saturated rings. The lowest BCUT2D eigenvalue weighted by Crippen LogP contribution is -2.75. The van der Waals surface area contributed by atoms with Gasteiger partial charge in [-0.15, -0.1) is 0 Å². The summed E-state index contributed by atoms with van der Waals surface area (Å²) in [6, 6.07) is 11.4. The summed E-state index contributed by atoms with van der Waals surface area (Å²) >= 11 is 0. The number of fused-ring (bicyclic) bond motifs is 1. The molecule has 7 aromatic rings. The molecule has 1 aromatic heterocycles. The summed E-state index contributed by atoms with van der Waals surface area (Å²) in [6.07, 6.45) is -52.8. The Bertz CT molecular complexity index is 2800. The van der Waals surface area contributed by atoms with Crippen LogP contribution in [0.5, 0.6) is 5.88 Å². The molecule has 0 radical (unpaired) electrons. The third kappa shape index (κ3) is 13.4. The molecule has 0 aliphatic carbocycles. The summed E-state index contributed by atoms with van der Waals surface area (Å²) in [5, 5.41) is 11.2. The Morgan fingerprint density at radius 2 is 0.623 bits per heavy atom. The number of rotatable bonds is 8. The average molecular weight is 1130 g/mol. The number of nitrogens with zero attached hydrogens (tertiary/aromatic N) is 1. The first-order chi connectivity index (χ1) is 35.1. The molecule has 1 N–H and O–H groups in total. The van der Waals surface area contributed by atoms with E-state index >= 15 is 0 Å². The number of benzene rings is 6. The molecule has 0 saturated carbocycles. The maximum atomic E-state index is 14.2. The Kier molecular flexibility index (Phi) is 15.9. The highest BCUT2D eigenvalue weighted by Crippen LogP contribution is 2.41. The van der Waals surface area contributed by atoms with Crippen LogP contribution in [0.1, 0.15) is 50.1 Å². The lowest BCUT2D eigenvalue weighted by atomic mass is 9.12. The van der Waals surface area contributed by atoms with Crippen molar-refractivity contribution in [1.29, 1.82) is 0 Å². The van der Waals surface area contributed by atoms with Crippen LogP contribution in [0.4, 0.5) is 105 Å².